The van der Waals surface area contributed by atoms with Crippen molar-refractivity contribution in [3.05, 3.63) is 40.8 Å². The highest BCUT2D eigenvalue weighted by Gasteiger charge is 1.95. The second-order valence-corrected chi connectivity index (χ2v) is 4.39. The Kier molecular flexibility index (Phi) is 4.50. The maximum absolute atomic E-state index is 8.59. The summed E-state index contributed by atoms with van der Waals surface area (Å²) in [5.41, 5.74) is 10.1. The summed E-state index contributed by atoms with van der Waals surface area (Å²) in [6, 6.07) is 7.52. The van der Waals surface area contributed by atoms with Crippen LogP contribution < -0.4 is 11.2 Å². The van der Waals surface area contributed by atoms with E-state index in [1.807, 2.05) is 24.3 Å². The summed E-state index contributed by atoms with van der Waals surface area (Å²) in [7, 11) is 0. The lowest BCUT2D eigenvalue weighted by Gasteiger charge is -1.95. The predicted molar refractivity (Wildman–Crippen MR) is 78.1 cm³/mol. The van der Waals surface area contributed by atoms with Gasteiger partial charge in [-0.15, -0.1) is 11.3 Å². The number of nitrogens with one attached hydrogen (secondary N) is 1. The molecule has 0 bridgehead atoms. The molecule has 0 saturated heterocycles. The summed E-state index contributed by atoms with van der Waals surface area (Å²) in [6.07, 6.45) is 1.68. The molecule has 0 amide bonds. The number of hydrogen-bond acceptors (Lipinski definition) is 6. The summed E-state index contributed by atoms with van der Waals surface area (Å²) in [6.45, 7) is -0.135. The van der Waals surface area contributed by atoms with E-state index in [4.69, 9.17) is 10.8 Å². The van der Waals surface area contributed by atoms with Crippen LogP contribution in [0.3, 0.4) is 0 Å². The van der Waals surface area contributed by atoms with Crippen molar-refractivity contribution in [2.45, 2.75) is 0 Å². The Balaban J connectivity index is 1.95. The maximum Gasteiger partial charge on any atom is 0.205 e. The van der Waals surface area contributed by atoms with Crippen molar-refractivity contribution in [1.29, 1.82) is 0 Å². The fourth-order valence-corrected chi connectivity index (χ4v) is 1.84. The largest absolute Gasteiger partial charge is 0.384 e. The van der Waals surface area contributed by atoms with Gasteiger partial charge in [-0.05, 0) is 17.7 Å². The Bertz CT molecular complexity index is 622. The first kappa shape index (κ1) is 13.1. The number of nitrogens with zero attached hydrogens (tertiary/aromatic N) is 2. The van der Waals surface area contributed by atoms with Gasteiger partial charge in [0.1, 0.15) is 12.4 Å². The Labute approximate surface area is 114 Å². The van der Waals surface area contributed by atoms with Crippen molar-refractivity contribution in [2.24, 2.45) is 5.10 Å². The fraction of sp³-hybridized carbons (Fsp3) is 0.0769. The topological polar surface area (TPSA) is 83.5 Å². The summed E-state index contributed by atoms with van der Waals surface area (Å²) < 4.78 is 0. The third kappa shape index (κ3) is 4.10. The highest BCUT2D eigenvalue weighted by atomic mass is 32.1. The SMILES string of the molecule is Nc1csc(NN=Cc2ccc(C#CCO)cc2)n1. The summed E-state index contributed by atoms with van der Waals surface area (Å²) in [5.74, 6) is 5.90. The van der Waals surface area contributed by atoms with Crippen LogP contribution in [-0.4, -0.2) is 22.9 Å². The molecule has 5 nitrogen and oxygen atoms in total. The monoisotopic (exact) mass is 272 g/mol. The summed E-state index contributed by atoms with van der Waals surface area (Å²) in [5, 5.41) is 15.0. The van der Waals surface area contributed by atoms with E-state index in [-0.39, 0.29) is 6.61 Å². The third-order valence-corrected chi connectivity index (χ3v) is 2.88. The molecule has 2 rings (SSSR count). The van der Waals surface area contributed by atoms with Crippen molar-refractivity contribution in [3.63, 3.8) is 0 Å². The smallest absolute Gasteiger partial charge is 0.205 e. The molecule has 1 heterocycles. The Morgan fingerprint density at radius 2 is 2.21 bits per heavy atom. The summed E-state index contributed by atoms with van der Waals surface area (Å²) in [4.78, 5) is 4.02. The third-order valence-electron chi connectivity index (χ3n) is 2.12. The number of aliphatic hydroxyl groups is 1. The zero-order valence-corrected chi connectivity index (χ0v) is 10.8. The number of anilines is 2. The van der Waals surface area contributed by atoms with Gasteiger partial charge in [-0.2, -0.15) is 5.10 Å². The molecule has 6 heteroatoms. The van der Waals surface area contributed by atoms with Gasteiger partial charge in [0.05, 0.1) is 6.21 Å². The van der Waals surface area contributed by atoms with Gasteiger partial charge in [-0.25, -0.2) is 4.98 Å². The molecule has 0 spiro atoms. The Morgan fingerprint density at radius 1 is 1.42 bits per heavy atom. The first-order valence-corrected chi connectivity index (χ1v) is 6.36. The van der Waals surface area contributed by atoms with Crippen LogP contribution in [0.2, 0.25) is 0 Å². The van der Waals surface area contributed by atoms with Gasteiger partial charge in [-0.1, -0.05) is 24.0 Å². The van der Waals surface area contributed by atoms with Gasteiger partial charge in [0, 0.05) is 10.9 Å². The molecule has 0 aliphatic carbocycles. The second kappa shape index (κ2) is 6.54. The number of aromatic nitrogens is 1. The molecule has 1 aromatic carbocycles. The second-order valence-electron chi connectivity index (χ2n) is 3.53. The van der Waals surface area contributed by atoms with E-state index in [2.05, 4.69) is 27.4 Å². The zero-order chi connectivity index (χ0) is 13.5. The number of hydrazone groups is 1. The van der Waals surface area contributed by atoms with Crippen LogP contribution in [0.15, 0.2) is 34.7 Å². The minimum Gasteiger partial charge on any atom is -0.384 e. The molecular formula is C13H12N4OS. The van der Waals surface area contributed by atoms with Crippen LogP contribution in [0.1, 0.15) is 11.1 Å². The van der Waals surface area contributed by atoms with E-state index in [1.54, 1.807) is 11.6 Å². The Morgan fingerprint density at radius 3 is 2.84 bits per heavy atom. The standard InChI is InChI=1S/C13H12N4OS/c14-12-9-19-13(16-12)17-15-8-11-5-3-10(4-6-11)2-1-7-18/h3-6,8-9,18H,7,14H2,(H,16,17). The lowest BCUT2D eigenvalue weighted by Crippen LogP contribution is -1.91. The van der Waals surface area contributed by atoms with Crippen LogP contribution in [0, 0.1) is 11.8 Å². The van der Waals surface area contributed by atoms with Crippen molar-refractivity contribution >= 4 is 28.5 Å². The molecule has 0 unspecified atom stereocenters. The quantitative estimate of drug-likeness (QED) is 0.449. The minimum absolute atomic E-state index is 0.135. The molecule has 19 heavy (non-hydrogen) atoms. The van der Waals surface area contributed by atoms with E-state index in [0.29, 0.717) is 10.9 Å². The van der Waals surface area contributed by atoms with Crippen LogP contribution in [0.25, 0.3) is 0 Å². The fourth-order valence-electron chi connectivity index (χ4n) is 1.29. The number of thiazole rings is 1. The highest BCUT2D eigenvalue weighted by Crippen LogP contribution is 2.15. The molecule has 1 aromatic heterocycles. The van der Waals surface area contributed by atoms with Crippen molar-refractivity contribution in [3.8, 4) is 11.8 Å². The molecule has 0 aliphatic rings. The number of aliphatic hydroxyl groups excluding tert-OH is 1. The first-order chi connectivity index (χ1) is 9.28. The van der Waals surface area contributed by atoms with E-state index in [9.17, 15) is 0 Å². The normalized spacial score (nSPS) is 10.2. The van der Waals surface area contributed by atoms with E-state index < -0.39 is 0 Å². The molecule has 0 atom stereocenters. The van der Waals surface area contributed by atoms with Gasteiger partial charge < -0.3 is 10.8 Å². The van der Waals surface area contributed by atoms with Gasteiger partial charge in [0.25, 0.3) is 0 Å². The zero-order valence-electron chi connectivity index (χ0n) is 10.00. The minimum atomic E-state index is -0.135. The predicted octanol–water partition coefficient (Wildman–Crippen LogP) is 1.52. The summed E-state index contributed by atoms with van der Waals surface area (Å²) >= 11 is 1.39. The molecular weight excluding hydrogens is 260 g/mol. The van der Waals surface area contributed by atoms with Crippen molar-refractivity contribution in [1.82, 2.24) is 4.98 Å². The average Bonchev–Trinajstić information content (AvgIpc) is 2.84. The molecule has 0 fully saturated rings. The molecule has 96 valence electrons. The van der Waals surface area contributed by atoms with Crippen molar-refractivity contribution < 1.29 is 5.11 Å². The van der Waals surface area contributed by atoms with Crippen LogP contribution in [0.5, 0.6) is 0 Å². The number of nitrogen functional groups attached to an aromatic ring is 1. The molecule has 2 aromatic rings. The average molecular weight is 272 g/mol. The first-order valence-electron chi connectivity index (χ1n) is 5.48. The van der Waals surface area contributed by atoms with Gasteiger partial charge in [0.2, 0.25) is 5.13 Å². The van der Waals surface area contributed by atoms with Gasteiger partial charge in [-0.3, -0.25) is 5.43 Å². The molecule has 0 aliphatic heterocycles. The van der Waals surface area contributed by atoms with Crippen LogP contribution in [0.4, 0.5) is 10.9 Å². The van der Waals surface area contributed by atoms with E-state index in [0.717, 1.165) is 11.1 Å². The molecule has 0 radical (unpaired) electrons. The van der Waals surface area contributed by atoms with Gasteiger partial charge >= 0.3 is 0 Å². The Hall–Kier alpha value is -2.36. The lowest BCUT2D eigenvalue weighted by atomic mass is 10.1. The number of benzene rings is 1. The number of hydrogen-bond donors (Lipinski definition) is 3. The van der Waals surface area contributed by atoms with Gasteiger partial charge in [0.15, 0.2) is 0 Å². The van der Waals surface area contributed by atoms with E-state index >= 15 is 0 Å². The molecule has 0 saturated carbocycles. The highest BCUT2D eigenvalue weighted by molar-refractivity contribution is 7.14. The lowest BCUT2D eigenvalue weighted by molar-refractivity contribution is 0.350. The van der Waals surface area contributed by atoms with Crippen molar-refractivity contribution in [2.75, 3.05) is 17.8 Å². The van der Waals surface area contributed by atoms with Crippen LogP contribution in [-0.2, 0) is 0 Å². The number of nitrogens with two attached hydrogens (primary N) is 1. The maximum atomic E-state index is 8.59. The number of rotatable bonds is 3. The van der Waals surface area contributed by atoms with Crippen LogP contribution >= 0.6 is 11.3 Å². The van der Waals surface area contributed by atoms with E-state index in [1.165, 1.54) is 11.3 Å². The molecule has 4 N–H and O–H groups in total.